The van der Waals surface area contributed by atoms with Gasteiger partial charge in [-0.25, -0.2) is 0 Å². The Bertz CT molecular complexity index is 957. The fourth-order valence-electron chi connectivity index (χ4n) is 3.27. The number of nitrogens with one attached hydrogen (secondary N) is 1. The van der Waals surface area contributed by atoms with E-state index in [9.17, 15) is 0 Å². The van der Waals surface area contributed by atoms with E-state index in [0.717, 1.165) is 59.2 Å². The third-order valence-corrected chi connectivity index (χ3v) is 5.42. The standard InChI is InChI=1S/C23H22ClN3OS/c24-18-5-4-6-20(17-18)26-13-15-27(16-14-26)23(29)25-19-9-11-22(12-10-19)28-21-7-2-1-3-8-21/h1-12,17H,13-16H2,(H,25,29). The highest BCUT2D eigenvalue weighted by atomic mass is 35.5. The highest BCUT2D eigenvalue weighted by Gasteiger charge is 2.19. The van der Waals surface area contributed by atoms with Crippen LogP contribution < -0.4 is 15.0 Å². The van der Waals surface area contributed by atoms with Gasteiger partial charge in [0.15, 0.2) is 5.11 Å². The van der Waals surface area contributed by atoms with Crippen molar-refractivity contribution in [1.29, 1.82) is 0 Å². The summed E-state index contributed by atoms with van der Waals surface area (Å²) in [6.07, 6.45) is 0. The number of thiocarbonyl (C=S) groups is 1. The van der Waals surface area contributed by atoms with Crippen LogP contribution in [0.1, 0.15) is 0 Å². The van der Waals surface area contributed by atoms with Crippen molar-refractivity contribution in [3.05, 3.63) is 83.9 Å². The van der Waals surface area contributed by atoms with Gasteiger partial charge in [0.2, 0.25) is 0 Å². The third-order valence-electron chi connectivity index (χ3n) is 4.82. The van der Waals surface area contributed by atoms with Crippen molar-refractivity contribution >= 4 is 40.3 Å². The van der Waals surface area contributed by atoms with Gasteiger partial charge in [-0.15, -0.1) is 0 Å². The second kappa shape index (κ2) is 9.16. The lowest BCUT2D eigenvalue weighted by atomic mass is 10.2. The lowest BCUT2D eigenvalue weighted by Crippen LogP contribution is -2.50. The number of benzene rings is 3. The van der Waals surface area contributed by atoms with E-state index >= 15 is 0 Å². The van der Waals surface area contributed by atoms with Crippen molar-refractivity contribution in [3.63, 3.8) is 0 Å². The molecule has 1 fully saturated rings. The summed E-state index contributed by atoms with van der Waals surface area (Å²) in [6.45, 7) is 3.55. The first-order valence-electron chi connectivity index (χ1n) is 9.57. The molecule has 1 aliphatic rings. The average Bonchev–Trinajstić information content (AvgIpc) is 2.76. The summed E-state index contributed by atoms with van der Waals surface area (Å²) in [5.74, 6) is 1.61. The lowest BCUT2D eigenvalue weighted by molar-refractivity contribution is 0.391. The molecular formula is C23H22ClN3OS. The molecule has 6 heteroatoms. The highest BCUT2D eigenvalue weighted by Crippen LogP contribution is 2.24. The normalized spacial score (nSPS) is 13.8. The van der Waals surface area contributed by atoms with Crippen LogP contribution in [-0.2, 0) is 0 Å². The van der Waals surface area contributed by atoms with E-state index in [1.807, 2.05) is 72.8 Å². The van der Waals surface area contributed by atoms with E-state index in [-0.39, 0.29) is 0 Å². The number of nitrogens with zero attached hydrogens (tertiary/aromatic N) is 2. The summed E-state index contributed by atoms with van der Waals surface area (Å²) in [5.41, 5.74) is 2.11. The molecule has 3 aromatic rings. The average molecular weight is 424 g/mol. The molecule has 0 unspecified atom stereocenters. The first-order valence-corrected chi connectivity index (χ1v) is 10.4. The molecule has 0 aliphatic carbocycles. The van der Waals surface area contributed by atoms with E-state index in [1.165, 1.54) is 0 Å². The van der Waals surface area contributed by atoms with Gasteiger partial charge in [0.05, 0.1) is 0 Å². The molecule has 4 rings (SSSR count). The van der Waals surface area contributed by atoms with Crippen LogP contribution >= 0.6 is 23.8 Å². The van der Waals surface area contributed by atoms with Crippen LogP contribution in [0.5, 0.6) is 11.5 Å². The molecule has 0 spiro atoms. The van der Waals surface area contributed by atoms with E-state index in [2.05, 4.69) is 21.2 Å². The molecular weight excluding hydrogens is 402 g/mol. The maximum atomic E-state index is 6.11. The number of ether oxygens (including phenoxy) is 1. The second-order valence-corrected chi connectivity index (χ2v) is 7.65. The Hall–Kier alpha value is -2.76. The Kier molecular flexibility index (Phi) is 6.17. The molecule has 0 saturated carbocycles. The molecule has 148 valence electrons. The Labute approximate surface area is 181 Å². The molecule has 29 heavy (non-hydrogen) atoms. The maximum Gasteiger partial charge on any atom is 0.173 e. The van der Waals surface area contributed by atoms with Crippen molar-refractivity contribution in [3.8, 4) is 11.5 Å². The minimum absolute atomic E-state index is 0.743. The van der Waals surface area contributed by atoms with Crippen LogP contribution in [0.15, 0.2) is 78.9 Å². The van der Waals surface area contributed by atoms with Gasteiger partial charge in [-0.2, -0.15) is 0 Å². The summed E-state index contributed by atoms with van der Waals surface area (Å²) < 4.78 is 5.83. The molecule has 0 bridgehead atoms. The molecule has 4 nitrogen and oxygen atoms in total. The van der Waals surface area contributed by atoms with Crippen molar-refractivity contribution in [1.82, 2.24) is 4.90 Å². The number of piperazine rings is 1. The fraction of sp³-hybridized carbons (Fsp3) is 0.174. The van der Waals surface area contributed by atoms with Gasteiger partial charge in [-0.1, -0.05) is 35.9 Å². The number of rotatable bonds is 4. The molecule has 1 saturated heterocycles. The number of hydrogen-bond donors (Lipinski definition) is 1. The molecule has 0 radical (unpaired) electrons. The second-order valence-electron chi connectivity index (χ2n) is 6.82. The number of anilines is 2. The van der Waals surface area contributed by atoms with Gasteiger partial charge in [0.25, 0.3) is 0 Å². The van der Waals surface area contributed by atoms with Crippen molar-refractivity contribution in [2.45, 2.75) is 0 Å². The zero-order chi connectivity index (χ0) is 20.1. The summed E-state index contributed by atoms with van der Waals surface area (Å²) in [7, 11) is 0. The molecule has 1 heterocycles. The Morgan fingerprint density at radius 1 is 0.828 bits per heavy atom. The minimum Gasteiger partial charge on any atom is -0.457 e. The van der Waals surface area contributed by atoms with Gasteiger partial charge < -0.3 is 19.9 Å². The molecule has 0 atom stereocenters. The largest absolute Gasteiger partial charge is 0.457 e. The predicted octanol–water partition coefficient (Wildman–Crippen LogP) is 5.65. The van der Waals surface area contributed by atoms with E-state index in [0.29, 0.717) is 0 Å². The van der Waals surface area contributed by atoms with Crippen LogP contribution in [0.2, 0.25) is 5.02 Å². The maximum absolute atomic E-state index is 6.11. The zero-order valence-corrected chi connectivity index (χ0v) is 17.5. The van der Waals surface area contributed by atoms with Crippen molar-refractivity contribution in [2.75, 3.05) is 36.4 Å². The van der Waals surface area contributed by atoms with Crippen molar-refractivity contribution < 1.29 is 4.74 Å². The molecule has 1 N–H and O–H groups in total. The van der Waals surface area contributed by atoms with E-state index in [1.54, 1.807) is 0 Å². The van der Waals surface area contributed by atoms with Crippen LogP contribution in [0, 0.1) is 0 Å². The van der Waals surface area contributed by atoms with Crippen LogP contribution in [0.4, 0.5) is 11.4 Å². The zero-order valence-electron chi connectivity index (χ0n) is 15.9. The molecule has 1 aliphatic heterocycles. The topological polar surface area (TPSA) is 27.7 Å². The van der Waals surface area contributed by atoms with Gasteiger partial charge >= 0.3 is 0 Å². The number of halogens is 1. The quantitative estimate of drug-likeness (QED) is 0.547. The van der Waals surface area contributed by atoms with Gasteiger partial charge in [-0.3, -0.25) is 0 Å². The monoisotopic (exact) mass is 423 g/mol. The number of hydrogen-bond acceptors (Lipinski definition) is 3. The number of para-hydroxylation sites is 1. The Balaban J connectivity index is 1.29. The lowest BCUT2D eigenvalue weighted by Gasteiger charge is -2.37. The summed E-state index contributed by atoms with van der Waals surface area (Å²) >= 11 is 11.7. The summed E-state index contributed by atoms with van der Waals surface area (Å²) in [5, 5.41) is 4.84. The van der Waals surface area contributed by atoms with E-state index < -0.39 is 0 Å². The Morgan fingerprint density at radius 3 is 2.21 bits per heavy atom. The highest BCUT2D eigenvalue weighted by molar-refractivity contribution is 7.80. The minimum atomic E-state index is 0.743. The van der Waals surface area contributed by atoms with Crippen molar-refractivity contribution in [2.24, 2.45) is 0 Å². The van der Waals surface area contributed by atoms with Crippen LogP contribution in [0.25, 0.3) is 0 Å². The SMILES string of the molecule is S=C(Nc1ccc(Oc2ccccc2)cc1)N1CCN(c2cccc(Cl)c2)CC1. The first-order chi connectivity index (χ1) is 14.2. The third kappa shape index (κ3) is 5.19. The predicted molar refractivity (Wildman–Crippen MR) is 124 cm³/mol. The summed E-state index contributed by atoms with van der Waals surface area (Å²) in [6, 6.07) is 25.6. The van der Waals surface area contributed by atoms with Crippen LogP contribution in [-0.4, -0.2) is 36.2 Å². The smallest absolute Gasteiger partial charge is 0.173 e. The summed E-state index contributed by atoms with van der Waals surface area (Å²) in [4.78, 5) is 4.53. The van der Waals surface area contributed by atoms with Gasteiger partial charge in [0.1, 0.15) is 11.5 Å². The molecule has 0 aromatic heterocycles. The Morgan fingerprint density at radius 2 is 1.52 bits per heavy atom. The first kappa shape index (κ1) is 19.6. The van der Waals surface area contributed by atoms with E-state index in [4.69, 9.17) is 28.6 Å². The van der Waals surface area contributed by atoms with Crippen LogP contribution in [0.3, 0.4) is 0 Å². The molecule has 0 amide bonds. The fourth-order valence-corrected chi connectivity index (χ4v) is 3.76. The van der Waals surface area contributed by atoms with Gasteiger partial charge in [0, 0.05) is 42.6 Å². The molecule has 3 aromatic carbocycles. The van der Waals surface area contributed by atoms with Gasteiger partial charge in [-0.05, 0) is 66.8 Å².